The van der Waals surface area contributed by atoms with E-state index in [-0.39, 0.29) is 11.6 Å². The number of rotatable bonds is 3. The summed E-state index contributed by atoms with van der Waals surface area (Å²) in [4.78, 5) is 26.9. The number of imidazole rings is 1. The minimum atomic E-state index is -0.509. The summed E-state index contributed by atoms with van der Waals surface area (Å²) in [5, 5.41) is 11.3. The number of aromatic nitrogens is 2. The summed E-state index contributed by atoms with van der Waals surface area (Å²) >= 11 is 5.86. The average molecular weight is 328 g/mol. The van der Waals surface area contributed by atoms with Crippen molar-refractivity contribution < 1.29 is 9.72 Å². The summed E-state index contributed by atoms with van der Waals surface area (Å²) in [7, 11) is 0. The Morgan fingerprint density at radius 3 is 2.35 bits per heavy atom. The highest BCUT2D eigenvalue weighted by Crippen LogP contribution is 2.21. The van der Waals surface area contributed by atoms with Crippen molar-refractivity contribution >= 4 is 23.2 Å². The first-order valence-corrected chi connectivity index (χ1v) is 7.02. The Labute approximate surface area is 136 Å². The van der Waals surface area contributed by atoms with Gasteiger partial charge in [0.05, 0.1) is 4.92 Å². The molecule has 0 aliphatic rings. The maximum absolute atomic E-state index is 12.6. The summed E-state index contributed by atoms with van der Waals surface area (Å²) in [5.41, 5.74) is 1.02. The van der Waals surface area contributed by atoms with Crippen molar-refractivity contribution in [2.24, 2.45) is 0 Å². The van der Waals surface area contributed by atoms with E-state index in [1.807, 2.05) is 0 Å². The molecule has 0 amide bonds. The number of carbonyl (C=O) groups is 1. The van der Waals surface area contributed by atoms with Crippen LogP contribution < -0.4 is 0 Å². The van der Waals surface area contributed by atoms with Crippen LogP contribution >= 0.6 is 11.6 Å². The first-order chi connectivity index (χ1) is 11.1. The van der Waals surface area contributed by atoms with Crippen molar-refractivity contribution in [3.8, 4) is 11.4 Å². The molecule has 0 aliphatic carbocycles. The van der Waals surface area contributed by atoms with Gasteiger partial charge in [-0.2, -0.15) is 0 Å². The van der Waals surface area contributed by atoms with Crippen molar-refractivity contribution in [1.82, 2.24) is 9.55 Å². The molecule has 0 saturated carbocycles. The van der Waals surface area contributed by atoms with Crippen molar-refractivity contribution in [2.75, 3.05) is 0 Å². The highest BCUT2D eigenvalue weighted by atomic mass is 35.5. The number of benzene rings is 2. The van der Waals surface area contributed by atoms with E-state index in [9.17, 15) is 14.9 Å². The fourth-order valence-corrected chi connectivity index (χ4v) is 2.27. The molecule has 0 saturated heterocycles. The van der Waals surface area contributed by atoms with Gasteiger partial charge in [-0.25, -0.2) is 4.98 Å². The van der Waals surface area contributed by atoms with Crippen molar-refractivity contribution in [1.29, 1.82) is 0 Å². The predicted octanol–water partition coefficient (Wildman–Crippen LogP) is 3.80. The third-order valence-corrected chi connectivity index (χ3v) is 3.54. The lowest BCUT2D eigenvalue weighted by molar-refractivity contribution is -0.384. The minimum Gasteiger partial charge on any atom is -0.268 e. The van der Waals surface area contributed by atoms with Crippen LogP contribution in [-0.4, -0.2) is 20.4 Å². The molecule has 3 aromatic rings. The molecule has 0 unspecified atom stereocenters. The van der Waals surface area contributed by atoms with Crippen molar-refractivity contribution in [2.45, 2.75) is 0 Å². The highest BCUT2D eigenvalue weighted by molar-refractivity contribution is 6.30. The zero-order chi connectivity index (χ0) is 16.4. The molecule has 0 N–H and O–H groups in total. The van der Waals surface area contributed by atoms with Crippen LogP contribution in [0.2, 0.25) is 5.02 Å². The van der Waals surface area contributed by atoms with E-state index in [0.717, 1.165) is 5.56 Å². The smallest absolute Gasteiger partial charge is 0.268 e. The minimum absolute atomic E-state index is 0.0647. The van der Waals surface area contributed by atoms with Gasteiger partial charge in [0, 0.05) is 40.7 Å². The molecule has 1 aromatic heterocycles. The van der Waals surface area contributed by atoms with E-state index in [1.165, 1.54) is 35.0 Å². The number of hydrogen-bond acceptors (Lipinski definition) is 4. The Hall–Kier alpha value is -2.99. The lowest BCUT2D eigenvalue weighted by atomic mass is 10.1. The molecule has 6 nitrogen and oxygen atoms in total. The van der Waals surface area contributed by atoms with Crippen LogP contribution in [0.4, 0.5) is 5.69 Å². The number of halogens is 1. The molecule has 7 heteroatoms. The molecule has 0 bridgehead atoms. The molecule has 0 spiro atoms. The molecule has 0 fully saturated rings. The summed E-state index contributed by atoms with van der Waals surface area (Å²) in [6.07, 6.45) is 3.07. The lowest BCUT2D eigenvalue weighted by Crippen LogP contribution is -2.12. The largest absolute Gasteiger partial charge is 0.269 e. The SMILES string of the molecule is O=C(c1ccc([N+](=O)[O-])cc1)n1ccnc1-c1ccc(Cl)cc1. The zero-order valence-electron chi connectivity index (χ0n) is 11.7. The van der Waals surface area contributed by atoms with E-state index >= 15 is 0 Å². The molecule has 1 heterocycles. The molecular formula is C16H10ClN3O3. The quantitative estimate of drug-likeness (QED) is 0.541. The molecule has 0 radical (unpaired) electrons. The van der Waals surface area contributed by atoms with Crippen LogP contribution in [0.25, 0.3) is 11.4 Å². The van der Waals surface area contributed by atoms with E-state index in [1.54, 1.807) is 30.5 Å². The Bertz CT molecular complexity index is 870. The normalized spacial score (nSPS) is 10.5. The molecule has 23 heavy (non-hydrogen) atoms. The number of nitrogens with zero attached hydrogens (tertiary/aromatic N) is 3. The summed E-state index contributed by atoms with van der Waals surface area (Å²) < 4.78 is 1.39. The van der Waals surface area contributed by atoms with Crippen LogP contribution in [0, 0.1) is 10.1 Å². The van der Waals surface area contributed by atoms with Gasteiger partial charge in [0.25, 0.3) is 11.6 Å². The van der Waals surface area contributed by atoms with Gasteiger partial charge in [-0.3, -0.25) is 19.5 Å². The van der Waals surface area contributed by atoms with E-state index in [0.29, 0.717) is 16.4 Å². The first kappa shape index (κ1) is 14.9. The van der Waals surface area contributed by atoms with E-state index in [2.05, 4.69) is 4.98 Å². The Morgan fingerprint density at radius 1 is 1.09 bits per heavy atom. The standard InChI is InChI=1S/C16H10ClN3O3/c17-13-5-1-11(2-6-13)15-18-9-10-19(15)16(21)12-3-7-14(8-4-12)20(22)23/h1-10H. The van der Waals surface area contributed by atoms with Crippen LogP contribution in [0.15, 0.2) is 60.9 Å². The Balaban J connectivity index is 1.96. The lowest BCUT2D eigenvalue weighted by Gasteiger charge is -2.07. The number of nitro groups is 1. The summed E-state index contributed by atoms with van der Waals surface area (Å²) in [6.45, 7) is 0. The third kappa shape index (κ3) is 2.97. The third-order valence-electron chi connectivity index (χ3n) is 3.29. The molecule has 3 rings (SSSR count). The van der Waals surface area contributed by atoms with Crippen LogP contribution in [-0.2, 0) is 0 Å². The Kier molecular flexibility index (Phi) is 3.91. The second-order valence-corrected chi connectivity index (χ2v) is 5.17. The van der Waals surface area contributed by atoms with Gasteiger partial charge in [-0.05, 0) is 36.4 Å². The van der Waals surface area contributed by atoms with Crippen molar-refractivity contribution in [3.63, 3.8) is 0 Å². The van der Waals surface area contributed by atoms with E-state index < -0.39 is 4.92 Å². The second-order valence-electron chi connectivity index (χ2n) is 4.74. The molecule has 2 aromatic carbocycles. The maximum atomic E-state index is 12.6. The topological polar surface area (TPSA) is 78.0 Å². The van der Waals surface area contributed by atoms with Gasteiger partial charge >= 0.3 is 0 Å². The molecule has 0 aliphatic heterocycles. The number of hydrogen-bond donors (Lipinski definition) is 0. The maximum Gasteiger partial charge on any atom is 0.269 e. The molecular weight excluding hydrogens is 318 g/mol. The summed E-state index contributed by atoms with van der Waals surface area (Å²) in [5.74, 6) is 0.160. The van der Waals surface area contributed by atoms with Gasteiger partial charge in [-0.15, -0.1) is 0 Å². The number of non-ortho nitro benzene ring substituents is 1. The fraction of sp³-hybridized carbons (Fsp3) is 0. The van der Waals surface area contributed by atoms with Gasteiger partial charge in [-0.1, -0.05) is 11.6 Å². The first-order valence-electron chi connectivity index (χ1n) is 6.65. The number of carbonyl (C=O) groups excluding carboxylic acids is 1. The molecule has 0 atom stereocenters. The van der Waals surface area contributed by atoms with Crippen molar-refractivity contribution in [3.05, 3.63) is 81.6 Å². The van der Waals surface area contributed by atoms with Crippen LogP contribution in [0.3, 0.4) is 0 Å². The van der Waals surface area contributed by atoms with E-state index in [4.69, 9.17) is 11.6 Å². The van der Waals surface area contributed by atoms with Gasteiger partial charge in [0.2, 0.25) is 0 Å². The van der Waals surface area contributed by atoms with Crippen LogP contribution in [0.1, 0.15) is 10.4 Å². The monoisotopic (exact) mass is 327 g/mol. The fourth-order valence-electron chi connectivity index (χ4n) is 2.14. The van der Waals surface area contributed by atoms with Gasteiger partial charge in [0.1, 0.15) is 5.82 Å². The highest BCUT2D eigenvalue weighted by Gasteiger charge is 2.15. The van der Waals surface area contributed by atoms with Crippen LogP contribution in [0.5, 0.6) is 0 Å². The second kappa shape index (κ2) is 6.02. The predicted molar refractivity (Wildman–Crippen MR) is 85.5 cm³/mol. The molecule has 114 valence electrons. The zero-order valence-corrected chi connectivity index (χ0v) is 12.5. The summed E-state index contributed by atoms with van der Waals surface area (Å²) in [6, 6.07) is 12.4. The van der Waals surface area contributed by atoms with Gasteiger partial charge < -0.3 is 0 Å². The average Bonchev–Trinajstić information content (AvgIpc) is 3.04. The van der Waals surface area contributed by atoms with Gasteiger partial charge in [0.15, 0.2) is 0 Å². The Morgan fingerprint density at radius 2 is 1.74 bits per heavy atom. The number of nitro benzene ring substituents is 1.